The molecule has 0 aliphatic carbocycles. The Labute approximate surface area is 638 Å². The maximum atomic E-state index is 10.1. The van der Waals surface area contributed by atoms with Crippen LogP contribution in [0.3, 0.4) is 0 Å². The Balaban J connectivity index is -0.0000000392. The van der Waals surface area contributed by atoms with Gasteiger partial charge in [0.25, 0.3) is 11.8 Å². The largest absolute Gasteiger partial charge is 0.483 e. The van der Waals surface area contributed by atoms with Crippen LogP contribution in [0, 0.1) is 0 Å². The number of amides is 11. The van der Waals surface area contributed by atoms with Gasteiger partial charge in [0.2, 0.25) is 17.7 Å². The quantitative estimate of drug-likeness (QED) is 0.0796. The van der Waals surface area contributed by atoms with Gasteiger partial charge in [-0.2, -0.15) is 0 Å². The van der Waals surface area contributed by atoms with E-state index in [0.717, 1.165) is 91.3 Å². The van der Waals surface area contributed by atoms with Crippen molar-refractivity contribution in [2.45, 2.75) is 328 Å². The molecule has 11 amide bonds. The van der Waals surface area contributed by atoms with Crippen molar-refractivity contribution >= 4 is 72.7 Å². The van der Waals surface area contributed by atoms with Crippen LogP contribution in [-0.4, -0.2) is 165 Å². The van der Waals surface area contributed by atoms with Crippen molar-refractivity contribution in [2.75, 3.05) is 91.9 Å². The van der Waals surface area contributed by atoms with Crippen molar-refractivity contribution in [1.29, 1.82) is 0 Å². The molecule has 103 heavy (non-hydrogen) atoms. The molecule has 0 saturated carbocycles. The number of ether oxygens (including phenoxy) is 3. The highest BCUT2D eigenvalue weighted by atomic mass is 16.7. The highest BCUT2D eigenvalue weighted by Crippen LogP contribution is 1.96. The van der Waals surface area contributed by atoms with Crippen LogP contribution in [0.25, 0.3) is 0 Å². The zero-order valence-corrected chi connectivity index (χ0v) is 75.0. The summed E-state index contributed by atoms with van der Waals surface area (Å²) in [5.74, 6) is -1.21. The molecule has 10 N–H and O–H groups in total. The molecular weight excluding hydrogens is 1320 g/mol. The number of hydroxylamine groups is 1. The fourth-order valence-electron chi connectivity index (χ4n) is 4.10. The molecule has 6 fully saturated rings. The summed E-state index contributed by atoms with van der Waals surface area (Å²) in [7, 11) is 0. The summed E-state index contributed by atoms with van der Waals surface area (Å²) in [5, 5.41) is 25.1. The first-order valence-electron chi connectivity index (χ1n) is 40.1. The van der Waals surface area contributed by atoms with Crippen molar-refractivity contribution in [3.05, 3.63) is 12.2 Å². The number of hydrogen-bond donors (Lipinski definition) is 10. The van der Waals surface area contributed by atoms with E-state index in [1.165, 1.54) is 31.4 Å². The van der Waals surface area contributed by atoms with Gasteiger partial charge >= 0.3 is 24.2 Å². The third-order valence-electron chi connectivity index (χ3n) is 7.11. The summed E-state index contributed by atoms with van der Waals surface area (Å²) in [6, 6.07) is -0.444. The van der Waals surface area contributed by atoms with E-state index < -0.39 is 6.03 Å². The van der Waals surface area contributed by atoms with Gasteiger partial charge in [-0.15, -0.1) is 0 Å². The molecule has 0 unspecified atom stereocenters. The van der Waals surface area contributed by atoms with E-state index in [1.807, 2.05) is 288 Å². The molecule has 0 aromatic rings. The van der Waals surface area contributed by atoms with Gasteiger partial charge in [0, 0.05) is 83.4 Å². The Hall–Kier alpha value is -6.90. The fourth-order valence-corrected chi connectivity index (χ4v) is 4.10. The fraction of sp³-hybridized carbons (Fsp3) is 0.816. The van der Waals surface area contributed by atoms with Crippen LogP contribution in [0.5, 0.6) is 0 Å². The SMILES string of the molecule is C1=NCCCN1.C1=NCCCO1.C1=NOCCC1.C1CNOC1.CC.CC.CC.CC.CC.CC.CC.CC.CC.CC.CC.CC.CC.CC.CC.CC.CC.CC.CC.CC.O=C1C=CC(=O)N1.O=C1CCC(=O)N1.O=C1CNC(=O)N1.O=C1NCCCO1.O=C1NCCN1.O=C1NCCO1. The third-order valence-corrected chi connectivity index (χ3v) is 7.11. The van der Waals surface area contributed by atoms with Crippen molar-refractivity contribution in [1.82, 2.24) is 53.3 Å². The second-order valence-corrected chi connectivity index (χ2v) is 12.5. The van der Waals surface area contributed by atoms with Crippen LogP contribution in [0.2, 0.25) is 0 Å². The zero-order chi connectivity index (χ0) is 86.0. The normalized spacial score (nSPS) is 13.3. The summed E-state index contributed by atoms with van der Waals surface area (Å²) in [6.45, 7) is 90.8. The number of cyclic esters (lactones) is 2. The Bertz CT molecular complexity index is 1370. The van der Waals surface area contributed by atoms with Crippen LogP contribution in [0.15, 0.2) is 27.3 Å². The number of aliphatic imine (C=N–C) groups is 2. The number of hydrogen-bond acceptors (Lipinski definition) is 19. The first-order valence-corrected chi connectivity index (χ1v) is 40.1. The minimum Gasteiger partial charge on any atom is -0.483 e. The van der Waals surface area contributed by atoms with E-state index in [9.17, 15) is 43.2 Å². The Kier molecular flexibility index (Phi) is 290. The van der Waals surface area contributed by atoms with Gasteiger partial charge in [0.15, 0.2) is 6.40 Å². The molecule has 0 aromatic carbocycles. The molecule has 6 saturated heterocycles. The lowest BCUT2D eigenvalue weighted by atomic mass is 10.3. The van der Waals surface area contributed by atoms with E-state index in [4.69, 9.17) is 9.57 Å². The molecule has 0 atom stereocenters. The Morgan fingerprint density at radius 3 is 0.864 bits per heavy atom. The minimum atomic E-state index is -0.398. The lowest BCUT2D eigenvalue weighted by molar-refractivity contribution is -0.125. The maximum Gasteiger partial charge on any atom is 0.407 e. The van der Waals surface area contributed by atoms with E-state index in [-0.39, 0.29) is 54.3 Å². The second-order valence-electron chi connectivity index (χ2n) is 12.5. The van der Waals surface area contributed by atoms with Crippen molar-refractivity contribution in [3.8, 4) is 0 Å². The predicted octanol–water partition coefficient (Wildman–Crippen LogP) is 18.3. The topological polar surface area (TPSA) is 357 Å². The smallest absolute Gasteiger partial charge is 0.407 e. The highest BCUT2D eigenvalue weighted by molar-refractivity contribution is 6.12. The number of rotatable bonds is 0. The van der Waals surface area contributed by atoms with Crippen molar-refractivity contribution in [3.63, 3.8) is 0 Å². The van der Waals surface area contributed by atoms with Gasteiger partial charge in [0.05, 0.1) is 39.2 Å². The second kappa shape index (κ2) is 199. The minimum absolute atomic E-state index is 0.0463. The first-order chi connectivity index (χ1) is 50.5. The molecule has 10 aliphatic rings. The number of alkyl carbamates (subject to hydrolysis) is 2. The summed E-state index contributed by atoms with van der Waals surface area (Å²) < 4.78 is 13.7. The third kappa shape index (κ3) is 194. The molecule has 0 radical (unpaired) electrons. The Morgan fingerprint density at radius 2 is 0.757 bits per heavy atom. The number of carbonyl (C=O) groups is 9. The molecule has 0 spiro atoms. The molecule has 632 valence electrons. The number of urea groups is 2. The van der Waals surface area contributed by atoms with E-state index in [2.05, 4.69) is 72.1 Å². The van der Waals surface area contributed by atoms with E-state index in [1.54, 1.807) is 12.6 Å². The number of nitrogens with zero attached hydrogens (tertiary/aromatic N) is 3. The summed E-state index contributed by atoms with van der Waals surface area (Å²) in [6.07, 6.45) is 14.2. The maximum absolute atomic E-state index is 10.1. The van der Waals surface area contributed by atoms with Gasteiger partial charge in [-0.25, -0.2) is 24.7 Å². The number of carbonyl (C=O) groups excluding carboxylic acids is 9. The van der Waals surface area contributed by atoms with Gasteiger partial charge < -0.3 is 55.8 Å². The lowest BCUT2D eigenvalue weighted by Crippen LogP contribution is -2.31. The number of nitrogens with one attached hydrogen (secondary N) is 10. The summed E-state index contributed by atoms with van der Waals surface area (Å²) in [5.41, 5.74) is 2.72. The van der Waals surface area contributed by atoms with Crippen LogP contribution < -0.4 is 53.3 Å². The molecule has 27 nitrogen and oxygen atoms in total. The van der Waals surface area contributed by atoms with Gasteiger partial charge in [-0.05, 0) is 32.1 Å². The standard InChI is InChI=1S/C4H8N2.C4H7NO2.C4H5NO2.C4H3NO2.2C4H7NO.C3H4N2O2.C3H6N2O.C3H5NO2.C3H7NO.20C2H6/c1-2-5-4-6-3-1;6-4-5-2-1-3-7-4;2*6-3-1-2-4(7)5-3;1-2-5-4-6-3-1;1-2-4-6-5-3-1;6-2-1-4-3(7)5-2;6-3-4-1-2-5-3;5-3-4-1-2-6-3;1-2-4-5-3-1;20*1-2/h4H,1-3H2,(H,5,6);1-3H2,(H,5,6);1-2H2,(H,5,6,7);1-2H,(H,5,6,7);4H,1-3H2;3H,1-2,4H2;1H2,(H2,4,5,6,7);1-2H2,(H2,4,5,6);1-2H2,(H,4,5);4H,1-3H2;20*1-2H3. The van der Waals surface area contributed by atoms with Crippen molar-refractivity contribution < 1.29 is 67.0 Å². The average molecular weight is 1500 g/mol. The molecule has 0 bridgehead atoms. The lowest BCUT2D eigenvalue weighted by Gasteiger charge is -2.10. The highest BCUT2D eigenvalue weighted by Gasteiger charge is 2.16. The van der Waals surface area contributed by atoms with Gasteiger partial charge in [-0.3, -0.25) is 49.9 Å². The van der Waals surface area contributed by atoms with Crippen LogP contribution >= 0.6 is 0 Å². The van der Waals surface area contributed by atoms with Gasteiger partial charge in [0.1, 0.15) is 13.2 Å². The van der Waals surface area contributed by atoms with Gasteiger partial charge in [-0.1, -0.05) is 282 Å². The predicted molar refractivity (Wildman–Crippen MR) is 450 cm³/mol. The number of imide groups is 3. The van der Waals surface area contributed by atoms with E-state index in [0.29, 0.717) is 32.6 Å². The molecule has 27 heteroatoms. The summed E-state index contributed by atoms with van der Waals surface area (Å²) in [4.78, 5) is 108. The number of oxime groups is 1. The molecule has 10 aliphatic heterocycles. The molecule has 10 rings (SSSR count). The Morgan fingerprint density at radius 1 is 0.340 bits per heavy atom. The molecule has 10 heterocycles. The zero-order valence-electron chi connectivity index (χ0n) is 75.0. The summed E-state index contributed by atoms with van der Waals surface area (Å²) >= 11 is 0. The van der Waals surface area contributed by atoms with Crippen LogP contribution in [0.1, 0.15) is 328 Å². The van der Waals surface area contributed by atoms with E-state index >= 15 is 0 Å². The average Bonchev–Trinajstić information content (AvgIpc) is 1.92. The first kappa shape index (κ1) is 150. The monoisotopic (exact) mass is 1500 g/mol. The van der Waals surface area contributed by atoms with Crippen molar-refractivity contribution in [2.24, 2.45) is 15.1 Å². The van der Waals surface area contributed by atoms with Crippen LogP contribution in [-0.2, 0) is 47.9 Å². The molecular formula is C76H179N13O14. The van der Waals surface area contributed by atoms with Crippen LogP contribution in [0.4, 0.5) is 19.2 Å². The molecule has 0 aromatic heterocycles.